The van der Waals surface area contributed by atoms with Gasteiger partial charge in [0, 0.05) is 10.2 Å². The number of hydrogen-bond donors (Lipinski definition) is 1. The molecule has 24 heavy (non-hydrogen) atoms. The van der Waals surface area contributed by atoms with Gasteiger partial charge in [-0.3, -0.25) is 4.79 Å². The SMILES string of the molecule is COc1ccc(NC(=O)c2nnn(-c3ccc(Br)cc3)c2C)cc1. The van der Waals surface area contributed by atoms with Gasteiger partial charge >= 0.3 is 0 Å². The third-order valence-electron chi connectivity index (χ3n) is 3.53. The molecule has 0 aliphatic rings. The summed E-state index contributed by atoms with van der Waals surface area (Å²) in [6.07, 6.45) is 0. The molecule has 0 radical (unpaired) electrons. The van der Waals surface area contributed by atoms with Gasteiger partial charge in [0.25, 0.3) is 5.91 Å². The summed E-state index contributed by atoms with van der Waals surface area (Å²) in [6, 6.07) is 14.7. The number of anilines is 1. The Balaban J connectivity index is 1.81. The van der Waals surface area contributed by atoms with Crippen molar-refractivity contribution in [3.8, 4) is 11.4 Å². The van der Waals surface area contributed by atoms with E-state index >= 15 is 0 Å². The molecule has 1 heterocycles. The Labute approximate surface area is 147 Å². The number of rotatable bonds is 4. The lowest BCUT2D eigenvalue weighted by atomic mass is 10.2. The molecule has 3 aromatic rings. The van der Waals surface area contributed by atoms with Crippen LogP contribution in [-0.2, 0) is 0 Å². The molecule has 0 saturated heterocycles. The molecular weight excluding hydrogens is 372 g/mol. The Morgan fingerprint density at radius 3 is 2.42 bits per heavy atom. The topological polar surface area (TPSA) is 69.0 Å². The minimum Gasteiger partial charge on any atom is -0.497 e. The number of halogens is 1. The van der Waals surface area contributed by atoms with Crippen LogP contribution in [0.1, 0.15) is 16.2 Å². The van der Waals surface area contributed by atoms with Crippen LogP contribution in [0.25, 0.3) is 5.69 Å². The highest BCUT2D eigenvalue weighted by atomic mass is 79.9. The fourth-order valence-electron chi connectivity index (χ4n) is 2.23. The number of aromatic nitrogens is 3. The van der Waals surface area contributed by atoms with Crippen molar-refractivity contribution in [2.75, 3.05) is 12.4 Å². The predicted octanol–water partition coefficient (Wildman–Crippen LogP) is 3.60. The summed E-state index contributed by atoms with van der Waals surface area (Å²) in [4.78, 5) is 12.4. The van der Waals surface area contributed by atoms with Gasteiger partial charge in [-0.2, -0.15) is 0 Å². The molecule has 0 atom stereocenters. The van der Waals surface area contributed by atoms with Gasteiger partial charge in [0.2, 0.25) is 0 Å². The van der Waals surface area contributed by atoms with Crippen LogP contribution in [-0.4, -0.2) is 28.0 Å². The lowest BCUT2D eigenvalue weighted by Crippen LogP contribution is -2.14. The maximum absolute atomic E-state index is 12.4. The molecule has 0 aliphatic heterocycles. The van der Waals surface area contributed by atoms with Crippen molar-refractivity contribution >= 4 is 27.5 Å². The quantitative estimate of drug-likeness (QED) is 0.743. The molecule has 0 fully saturated rings. The van der Waals surface area contributed by atoms with Gasteiger partial charge in [0.15, 0.2) is 5.69 Å². The highest BCUT2D eigenvalue weighted by molar-refractivity contribution is 9.10. The minimum atomic E-state index is -0.305. The van der Waals surface area contributed by atoms with Crippen LogP contribution >= 0.6 is 15.9 Å². The number of methoxy groups -OCH3 is 1. The van der Waals surface area contributed by atoms with Gasteiger partial charge in [-0.15, -0.1) is 5.10 Å². The lowest BCUT2D eigenvalue weighted by Gasteiger charge is -2.06. The van der Waals surface area contributed by atoms with Crippen LogP contribution in [0.2, 0.25) is 0 Å². The Bertz CT molecular complexity index is 857. The molecule has 1 amide bonds. The molecule has 1 N–H and O–H groups in total. The van der Waals surface area contributed by atoms with Crippen molar-refractivity contribution in [2.45, 2.75) is 6.92 Å². The zero-order valence-corrected chi connectivity index (χ0v) is 14.7. The minimum absolute atomic E-state index is 0.286. The maximum Gasteiger partial charge on any atom is 0.278 e. The summed E-state index contributed by atoms with van der Waals surface area (Å²) < 4.78 is 7.70. The van der Waals surface area contributed by atoms with E-state index in [1.165, 1.54) is 0 Å². The molecule has 0 spiro atoms. The monoisotopic (exact) mass is 386 g/mol. The number of benzene rings is 2. The van der Waals surface area contributed by atoms with Gasteiger partial charge in [-0.1, -0.05) is 21.1 Å². The summed E-state index contributed by atoms with van der Waals surface area (Å²) in [5, 5.41) is 10.9. The van der Waals surface area contributed by atoms with Gasteiger partial charge in [0.05, 0.1) is 18.5 Å². The molecule has 0 unspecified atom stereocenters. The molecule has 0 saturated carbocycles. The molecule has 0 bridgehead atoms. The van der Waals surface area contributed by atoms with E-state index in [9.17, 15) is 4.79 Å². The average Bonchev–Trinajstić information content (AvgIpc) is 2.98. The van der Waals surface area contributed by atoms with E-state index in [0.717, 1.165) is 15.9 Å². The van der Waals surface area contributed by atoms with Crippen molar-refractivity contribution < 1.29 is 9.53 Å². The Morgan fingerprint density at radius 2 is 1.79 bits per heavy atom. The number of nitrogens with one attached hydrogen (secondary N) is 1. The van der Waals surface area contributed by atoms with Crippen molar-refractivity contribution in [1.82, 2.24) is 15.0 Å². The number of carbonyl (C=O) groups excluding carboxylic acids is 1. The number of amides is 1. The lowest BCUT2D eigenvalue weighted by molar-refractivity contribution is 0.102. The van der Waals surface area contributed by atoms with E-state index < -0.39 is 0 Å². The number of hydrogen-bond acceptors (Lipinski definition) is 4. The van der Waals surface area contributed by atoms with Crippen LogP contribution < -0.4 is 10.1 Å². The molecular formula is C17H15BrN4O2. The summed E-state index contributed by atoms with van der Waals surface area (Å²) in [7, 11) is 1.59. The van der Waals surface area contributed by atoms with E-state index in [1.54, 1.807) is 36.1 Å². The highest BCUT2D eigenvalue weighted by Gasteiger charge is 2.17. The third kappa shape index (κ3) is 3.30. The Hall–Kier alpha value is -2.67. The first kappa shape index (κ1) is 16.2. The highest BCUT2D eigenvalue weighted by Crippen LogP contribution is 2.18. The third-order valence-corrected chi connectivity index (χ3v) is 4.06. The second kappa shape index (κ2) is 6.84. The van der Waals surface area contributed by atoms with E-state index in [4.69, 9.17) is 4.74 Å². The van der Waals surface area contributed by atoms with Crippen molar-refractivity contribution in [2.24, 2.45) is 0 Å². The van der Waals surface area contributed by atoms with E-state index in [0.29, 0.717) is 11.4 Å². The van der Waals surface area contributed by atoms with E-state index in [2.05, 4.69) is 31.6 Å². The zero-order chi connectivity index (χ0) is 17.1. The Kier molecular flexibility index (Phi) is 4.61. The van der Waals surface area contributed by atoms with Gasteiger partial charge in [-0.05, 0) is 55.5 Å². The van der Waals surface area contributed by atoms with Gasteiger partial charge in [0.1, 0.15) is 5.75 Å². The van der Waals surface area contributed by atoms with Crippen molar-refractivity contribution in [1.29, 1.82) is 0 Å². The first-order valence-electron chi connectivity index (χ1n) is 7.22. The molecule has 1 aromatic heterocycles. The first-order chi connectivity index (χ1) is 11.6. The van der Waals surface area contributed by atoms with Crippen LogP contribution in [0.15, 0.2) is 53.0 Å². The fraction of sp³-hybridized carbons (Fsp3) is 0.118. The fourth-order valence-corrected chi connectivity index (χ4v) is 2.50. The molecule has 6 nitrogen and oxygen atoms in total. The standard InChI is InChI=1S/C17H15BrN4O2/c1-11-16(17(23)19-13-5-9-15(24-2)10-6-13)20-21-22(11)14-7-3-12(18)4-8-14/h3-10H,1-2H3,(H,19,23). The normalized spacial score (nSPS) is 10.5. The van der Waals surface area contributed by atoms with Crippen LogP contribution in [0, 0.1) is 6.92 Å². The smallest absolute Gasteiger partial charge is 0.278 e. The number of nitrogens with zero attached hydrogens (tertiary/aromatic N) is 3. The average molecular weight is 387 g/mol. The van der Waals surface area contributed by atoms with E-state index in [1.807, 2.05) is 31.2 Å². The number of ether oxygens (including phenoxy) is 1. The first-order valence-corrected chi connectivity index (χ1v) is 8.01. The zero-order valence-electron chi connectivity index (χ0n) is 13.2. The van der Waals surface area contributed by atoms with E-state index in [-0.39, 0.29) is 11.6 Å². The molecule has 3 rings (SSSR count). The summed E-state index contributed by atoms with van der Waals surface area (Å²) in [5.41, 5.74) is 2.46. The summed E-state index contributed by atoms with van der Waals surface area (Å²) in [5.74, 6) is 0.423. The molecule has 122 valence electrons. The molecule has 0 aliphatic carbocycles. The van der Waals surface area contributed by atoms with Crippen LogP contribution in [0.5, 0.6) is 5.75 Å². The van der Waals surface area contributed by atoms with Crippen molar-refractivity contribution in [3.63, 3.8) is 0 Å². The number of carbonyl (C=O) groups is 1. The van der Waals surface area contributed by atoms with Gasteiger partial charge < -0.3 is 10.1 Å². The second-order valence-corrected chi connectivity index (χ2v) is 6.01. The molecule has 2 aromatic carbocycles. The summed E-state index contributed by atoms with van der Waals surface area (Å²) >= 11 is 3.39. The second-order valence-electron chi connectivity index (χ2n) is 5.09. The predicted molar refractivity (Wildman–Crippen MR) is 94.7 cm³/mol. The summed E-state index contributed by atoms with van der Waals surface area (Å²) in [6.45, 7) is 1.81. The van der Waals surface area contributed by atoms with Crippen LogP contribution in [0.3, 0.4) is 0 Å². The van der Waals surface area contributed by atoms with Crippen LogP contribution in [0.4, 0.5) is 5.69 Å². The Morgan fingerprint density at radius 1 is 1.12 bits per heavy atom. The molecule has 7 heteroatoms. The van der Waals surface area contributed by atoms with Crippen molar-refractivity contribution in [3.05, 3.63) is 64.4 Å². The van der Waals surface area contributed by atoms with Gasteiger partial charge in [-0.25, -0.2) is 4.68 Å². The maximum atomic E-state index is 12.4. The largest absolute Gasteiger partial charge is 0.497 e.